The van der Waals surface area contributed by atoms with Gasteiger partial charge in [0.2, 0.25) is 0 Å². The first-order chi connectivity index (χ1) is 32.7. The Bertz CT molecular complexity index is 3100. The largest absolute Gasteiger partial charge is 0.334 e. The van der Waals surface area contributed by atoms with Gasteiger partial charge in [0.05, 0.1) is 6.04 Å². The summed E-state index contributed by atoms with van der Waals surface area (Å²) in [7, 11) is 0. The fraction of sp³-hybridized carbons (Fsp3) is 0.188. The summed E-state index contributed by atoms with van der Waals surface area (Å²) >= 11 is 0. The van der Waals surface area contributed by atoms with E-state index in [1.165, 1.54) is 97.8 Å². The predicted molar refractivity (Wildman–Crippen MR) is 277 cm³/mol. The van der Waals surface area contributed by atoms with Gasteiger partial charge in [-0.05, 0) is 179 Å². The Balaban J connectivity index is 0.869. The van der Waals surface area contributed by atoms with Gasteiger partial charge in [0.1, 0.15) is 0 Å². The Hall–Kier alpha value is -7.16. The van der Waals surface area contributed by atoms with Crippen LogP contribution in [0.25, 0.3) is 27.8 Å². The molecule has 1 aliphatic heterocycles. The first-order valence-corrected chi connectivity index (χ1v) is 24.3. The summed E-state index contributed by atoms with van der Waals surface area (Å²) in [4.78, 5) is 5.11. The maximum absolute atomic E-state index is 2.63. The van der Waals surface area contributed by atoms with Crippen molar-refractivity contribution >= 4 is 33.8 Å². The molecular formula is C64H54N2. The topological polar surface area (TPSA) is 6.48 Å². The second-order valence-corrected chi connectivity index (χ2v) is 19.5. The molecule has 2 nitrogen and oxygen atoms in total. The Morgan fingerprint density at radius 2 is 1.38 bits per heavy atom. The lowest BCUT2D eigenvalue weighted by Gasteiger charge is -2.40. The standard InChI is InChI=1S/C64H54N2/c1-4-13-44(14-5-1)46-22-30-55(31-23-46)65(56-32-24-47(25-33-56)45-15-6-2-7-16-45)57-34-26-48(27-35-57)51-39-52(41-53(40-51)58-20-12-17-50-42-59(50)58)49-28-36-60-63(37-29-49)66(54-18-8-3-9-19-54)62-21-10-11-38-64(60)43-61(62)64/h1-15,18-22,24-30,32-35,37-41,45,50,61-62H,16-17,23,31,36,42-43H2. The van der Waals surface area contributed by atoms with Crippen molar-refractivity contribution in [1.29, 1.82) is 0 Å². The number of benzene rings is 5. The average molecular weight is 851 g/mol. The summed E-state index contributed by atoms with van der Waals surface area (Å²) in [6, 6.07) is 48.3. The second kappa shape index (κ2) is 16.1. The average Bonchev–Trinajstić information content (AvgIpc) is 4.32. The van der Waals surface area contributed by atoms with Crippen molar-refractivity contribution in [3.63, 3.8) is 0 Å². The van der Waals surface area contributed by atoms with Crippen LogP contribution in [0, 0.1) is 17.3 Å². The molecular weight excluding hydrogens is 797 g/mol. The van der Waals surface area contributed by atoms with Crippen molar-refractivity contribution in [3.05, 3.63) is 263 Å². The SMILES string of the molecule is C1=CCC(c2ccc(N(C3=CC=C(c4ccccc4)CC3)c3ccc(-c4cc(C5=CCC6=C(C=C5)N(c5ccccc5)C5C=CC=CC67CC57)cc(C5=C6CC6CC=C5)c4)cc3)cc2)C=C1. The molecule has 0 spiro atoms. The van der Waals surface area contributed by atoms with Crippen LogP contribution in [0.3, 0.4) is 0 Å². The molecule has 7 aliphatic carbocycles. The number of anilines is 3. The smallest absolute Gasteiger partial charge is 0.0565 e. The van der Waals surface area contributed by atoms with Crippen LogP contribution in [0.1, 0.15) is 73.1 Å². The normalized spacial score (nSPS) is 25.3. The minimum absolute atomic E-state index is 0.147. The highest BCUT2D eigenvalue weighted by atomic mass is 15.2. The summed E-state index contributed by atoms with van der Waals surface area (Å²) in [5, 5.41) is 0. The minimum atomic E-state index is 0.147. The van der Waals surface area contributed by atoms with E-state index >= 15 is 0 Å². The zero-order valence-corrected chi connectivity index (χ0v) is 37.4. The summed E-state index contributed by atoms with van der Waals surface area (Å²) in [6.07, 6.45) is 42.9. The van der Waals surface area contributed by atoms with Crippen molar-refractivity contribution in [2.24, 2.45) is 17.3 Å². The zero-order valence-electron chi connectivity index (χ0n) is 37.4. The lowest BCUT2D eigenvalue weighted by atomic mass is 9.83. The third-order valence-electron chi connectivity index (χ3n) is 15.7. The van der Waals surface area contributed by atoms with Crippen LogP contribution in [0.5, 0.6) is 0 Å². The molecule has 2 bridgehead atoms. The van der Waals surface area contributed by atoms with Gasteiger partial charge < -0.3 is 9.80 Å². The van der Waals surface area contributed by atoms with Gasteiger partial charge in [-0.2, -0.15) is 0 Å². The molecule has 5 unspecified atom stereocenters. The number of hydrogen-bond acceptors (Lipinski definition) is 2. The summed E-state index contributed by atoms with van der Waals surface area (Å²) in [6.45, 7) is 0. The molecule has 5 aromatic rings. The number of para-hydroxylation sites is 1. The van der Waals surface area contributed by atoms with Crippen LogP contribution in [0.2, 0.25) is 0 Å². The highest BCUT2D eigenvalue weighted by Crippen LogP contribution is 2.67. The molecule has 5 aromatic carbocycles. The summed E-state index contributed by atoms with van der Waals surface area (Å²) < 4.78 is 0. The Morgan fingerprint density at radius 1 is 0.606 bits per heavy atom. The fourth-order valence-corrected chi connectivity index (χ4v) is 12.1. The van der Waals surface area contributed by atoms with Gasteiger partial charge in [0.25, 0.3) is 0 Å². The monoisotopic (exact) mass is 850 g/mol. The Labute approximate surface area is 390 Å². The van der Waals surface area contributed by atoms with E-state index in [9.17, 15) is 0 Å². The Morgan fingerprint density at radius 3 is 2.17 bits per heavy atom. The van der Waals surface area contributed by atoms with Crippen LogP contribution >= 0.6 is 0 Å². The lowest BCUT2D eigenvalue weighted by Crippen LogP contribution is -2.40. The quantitative estimate of drug-likeness (QED) is 0.146. The molecule has 13 rings (SSSR count). The van der Waals surface area contributed by atoms with E-state index in [0.717, 1.165) is 25.7 Å². The van der Waals surface area contributed by atoms with E-state index in [1.807, 2.05) is 0 Å². The summed E-state index contributed by atoms with van der Waals surface area (Å²) in [5.41, 5.74) is 21.6. The number of allylic oxidation sites excluding steroid dienone is 20. The molecule has 8 aliphatic rings. The van der Waals surface area contributed by atoms with Gasteiger partial charge in [-0.1, -0.05) is 157 Å². The molecule has 0 N–H and O–H groups in total. The van der Waals surface area contributed by atoms with E-state index in [2.05, 4.69) is 228 Å². The van der Waals surface area contributed by atoms with E-state index < -0.39 is 0 Å². The van der Waals surface area contributed by atoms with E-state index in [-0.39, 0.29) is 5.41 Å². The van der Waals surface area contributed by atoms with Gasteiger partial charge in [0.15, 0.2) is 0 Å². The van der Waals surface area contributed by atoms with Crippen molar-refractivity contribution < 1.29 is 0 Å². The maximum Gasteiger partial charge on any atom is 0.0565 e. The fourth-order valence-electron chi connectivity index (χ4n) is 12.1. The van der Waals surface area contributed by atoms with Crippen LogP contribution in [0.4, 0.5) is 17.1 Å². The predicted octanol–water partition coefficient (Wildman–Crippen LogP) is 16.2. The van der Waals surface area contributed by atoms with Crippen LogP contribution < -0.4 is 9.80 Å². The van der Waals surface area contributed by atoms with Gasteiger partial charge in [-0.15, -0.1) is 0 Å². The summed E-state index contributed by atoms with van der Waals surface area (Å²) in [5.74, 6) is 1.75. The molecule has 0 amide bonds. The van der Waals surface area contributed by atoms with Gasteiger partial charge in [0, 0.05) is 39.8 Å². The number of rotatable bonds is 9. The third kappa shape index (κ3) is 6.94. The second-order valence-electron chi connectivity index (χ2n) is 19.5. The highest BCUT2D eigenvalue weighted by molar-refractivity contribution is 5.88. The molecule has 0 saturated heterocycles. The van der Waals surface area contributed by atoms with Crippen molar-refractivity contribution in [3.8, 4) is 11.1 Å². The number of hydrogen-bond donors (Lipinski definition) is 0. The molecule has 2 saturated carbocycles. The molecule has 2 fully saturated rings. The van der Waals surface area contributed by atoms with Crippen LogP contribution in [0.15, 0.2) is 241 Å². The third-order valence-corrected chi connectivity index (χ3v) is 15.7. The van der Waals surface area contributed by atoms with Crippen LogP contribution in [-0.4, -0.2) is 6.04 Å². The zero-order chi connectivity index (χ0) is 43.6. The number of nitrogens with zero attached hydrogens (tertiary/aromatic N) is 2. The molecule has 1 heterocycles. The lowest BCUT2D eigenvalue weighted by molar-refractivity contribution is 0.536. The van der Waals surface area contributed by atoms with E-state index in [4.69, 9.17) is 0 Å². The Kier molecular flexibility index (Phi) is 9.55. The first-order valence-electron chi connectivity index (χ1n) is 24.3. The highest BCUT2D eigenvalue weighted by Gasteiger charge is 2.62. The van der Waals surface area contributed by atoms with E-state index in [1.54, 1.807) is 11.1 Å². The molecule has 0 aromatic heterocycles. The van der Waals surface area contributed by atoms with Crippen molar-refractivity contribution in [2.45, 2.75) is 56.9 Å². The van der Waals surface area contributed by atoms with Gasteiger partial charge >= 0.3 is 0 Å². The molecule has 5 atom stereocenters. The molecule has 66 heavy (non-hydrogen) atoms. The molecule has 0 radical (unpaired) electrons. The maximum atomic E-state index is 2.63. The van der Waals surface area contributed by atoms with Gasteiger partial charge in [-0.25, -0.2) is 0 Å². The number of fused-ring (bicyclic) bond motifs is 1. The van der Waals surface area contributed by atoms with Crippen molar-refractivity contribution in [1.82, 2.24) is 0 Å². The van der Waals surface area contributed by atoms with Crippen molar-refractivity contribution in [2.75, 3.05) is 9.80 Å². The van der Waals surface area contributed by atoms with Crippen LogP contribution in [-0.2, 0) is 0 Å². The molecule has 320 valence electrons. The molecule has 2 heteroatoms. The van der Waals surface area contributed by atoms with E-state index in [0.29, 0.717) is 23.8 Å². The minimum Gasteiger partial charge on any atom is -0.334 e. The van der Waals surface area contributed by atoms with Gasteiger partial charge in [-0.3, -0.25) is 0 Å². The first kappa shape index (κ1) is 39.2.